The Kier molecular flexibility index (Phi) is 8.09. The van der Waals surface area contributed by atoms with Crippen LogP contribution in [0.4, 0.5) is 10.1 Å². The lowest BCUT2D eigenvalue weighted by Crippen LogP contribution is -2.45. The van der Waals surface area contributed by atoms with Crippen molar-refractivity contribution in [2.75, 3.05) is 70.4 Å². The summed E-state index contributed by atoms with van der Waals surface area (Å²) >= 11 is 0. The van der Waals surface area contributed by atoms with E-state index in [1.165, 1.54) is 30.3 Å². The Balaban J connectivity index is 1.44. The van der Waals surface area contributed by atoms with Crippen LogP contribution in [-0.2, 0) is 14.8 Å². The Morgan fingerprint density at radius 3 is 2.43 bits per heavy atom. The third kappa shape index (κ3) is 6.41. The van der Waals surface area contributed by atoms with Crippen molar-refractivity contribution in [1.82, 2.24) is 15.1 Å². The van der Waals surface area contributed by atoms with E-state index in [9.17, 15) is 17.6 Å². The van der Waals surface area contributed by atoms with Gasteiger partial charge in [0.05, 0.1) is 10.6 Å². The van der Waals surface area contributed by atoms with Gasteiger partial charge in [-0.25, -0.2) is 12.8 Å². The van der Waals surface area contributed by atoms with Crippen molar-refractivity contribution >= 4 is 21.6 Å². The number of amides is 1. The summed E-state index contributed by atoms with van der Waals surface area (Å²) in [6.07, 6.45) is 0.765. The Morgan fingerprint density at radius 2 is 1.71 bits per heavy atom. The first-order valence-corrected chi connectivity index (χ1v) is 13.1. The van der Waals surface area contributed by atoms with Gasteiger partial charge in [0.2, 0.25) is 5.91 Å². The number of nitrogens with zero attached hydrogens (tertiary/aromatic N) is 3. The minimum atomic E-state index is -4.15. The number of sulfonamides is 1. The molecule has 0 aromatic heterocycles. The molecular formula is C24H31FN4O5S. The largest absolute Gasteiger partial charge is 0.486 e. The number of hydrogen-bond donors (Lipinski definition) is 1. The number of rotatable bonds is 9. The predicted octanol–water partition coefficient (Wildman–Crippen LogP) is 1.55. The standard InChI is InChI=1S/C24H31FN4O5S/c1-27-11-13-28(14-12-27)10-2-9-26-24(30)18-29(20-5-3-19(25)4-6-20)35(31,32)21-7-8-22-23(17-21)34-16-15-33-22/h3-8,17H,2,9-16,18H2,1H3,(H,26,30). The van der Waals surface area contributed by atoms with E-state index in [1.807, 2.05) is 0 Å². The van der Waals surface area contributed by atoms with Crippen LogP contribution in [0.3, 0.4) is 0 Å². The first kappa shape index (κ1) is 25.2. The summed E-state index contributed by atoms with van der Waals surface area (Å²) in [5.41, 5.74) is 0.189. The van der Waals surface area contributed by atoms with E-state index >= 15 is 0 Å². The third-order valence-corrected chi connectivity index (χ3v) is 7.84. The zero-order valence-electron chi connectivity index (χ0n) is 19.8. The topological polar surface area (TPSA) is 91.4 Å². The number of carbonyl (C=O) groups excluding carboxylic acids is 1. The van der Waals surface area contributed by atoms with E-state index in [4.69, 9.17) is 9.47 Å². The lowest BCUT2D eigenvalue weighted by molar-refractivity contribution is -0.119. The minimum absolute atomic E-state index is 0.0473. The van der Waals surface area contributed by atoms with E-state index in [1.54, 1.807) is 0 Å². The molecule has 1 N–H and O–H groups in total. The third-order valence-electron chi connectivity index (χ3n) is 6.07. The van der Waals surface area contributed by atoms with Crippen LogP contribution in [0, 0.1) is 5.82 Å². The number of hydrogen-bond acceptors (Lipinski definition) is 7. The SMILES string of the molecule is CN1CCN(CCCNC(=O)CN(c2ccc(F)cc2)S(=O)(=O)c2ccc3c(c2)OCCO3)CC1. The molecule has 0 aliphatic carbocycles. The quantitative estimate of drug-likeness (QED) is 0.516. The first-order valence-electron chi connectivity index (χ1n) is 11.7. The highest BCUT2D eigenvalue weighted by Gasteiger charge is 2.29. The molecule has 1 amide bonds. The summed E-state index contributed by atoms with van der Waals surface area (Å²) in [5.74, 6) is -0.154. The smallest absolute Gasteiger partial charge is 0.264 e. The highest BCUT2D eigenvalue weighted by molar-refractivity contribution is 7.92. The number of halogens is 1. The van der Waals surface area contributed by atoms with Crippen LogP contribution in [0.5, 0.6) is 11.5 Å². The van der Waals surface area contributed by atoms with Gasteiger partial charge in [-0.15, -0.1) is 0 Å². The van der Waals surface area contributed by atoms with Crippen molar-refractivity contribution in [3.63, 3.8) is 0 Å². The van der Waals surface area contributed by atoms with Crippen LogP contribution in [0.2, 0.25) is 0 Å². The Labute approximate surface area is 205 Å². The highest BCUT2D eigenvalue weighted by atomic mass is 32.2. The maximum atomic E-state index is 13.5. The van der Waals surface area contributed by atoms with E-state index in [0.29, 0.717) is 31.3 Å². The Morgan fingerprint density at radius 1 is 1.03 bits per heavy atom. The molecule has 2 aliphatic rings. The maximum absolute atomic E-state index is 13.5. The summed E-state index contributed by atoms with van der Waals surface area (Å²) in [6, 6.07) is 9.33. The van der Waals surface area contributed by atoms with E-state index in [2.05, 4.69) is 22.2 Å². The van der Waals surface area contributed by atoms with Crippen LogP contribution in [-0.4, -0.2) is 90.2 Å². The second-order valence-electron chi connectivity index (χ2n) is 8.64. The lowest BCUT2D eigenvalue weighted by Gasteiger charge is -2.32. The van der Waals surface area contributed by atoms with Crippen molar-refractivity contribution in [1.29, 1.82) is 0 Å². The van der Waals surface area contributed by atoms with E-state index in [0.717, 1.165) is 55.6 Å². The van der Waals surface area contributed by atoms with Crippen LogP contribution < -0.4 is 19.1 Å². The van der Waals surface area contributed by atoms with Gasteiger partial charge in [-0.3, -0.25) is 9.10 Å². The van der Waals surface area contributed by atoms with E-state index < -0.39 is 28.3 Å². The van der Waals surface area contributed by atoms with E-state index in [-0.39, 0.29) is 10.6 Å². The molecule has 0 bridgehead atoms. The van der Waals surface area contributed by atoms with Crippen LogP contribution in [0.1, 0.15) is 6.42 Å². The summed E-state index contributed by atoms with van der Waals surface area (Å²) in [4.78, 5) is 17.3. The molecule has 0 saturated carbocycles. The second kappa shape index (κ2) is 11.2. The van der Waals surface area contributed by atoms with Gasteiger partial charge in [-0.2, -0.15) is 0 Å². The predicted molar refractivity (Wildman–Crippen MR) is 130 cm³/mol. The van der Waals surface area contributed by atoms with Gasteiger partial charge in [0.1, 0.15) is 25.6 Å². The number of nitrogens with one attached hydrogen (secondary N) is 1. The minimum Gasteiger partial charge on any atom is -0.486 e. The molecule has 2 heterocycles. The molecule has 0 radical (unpaired) electrons. The molecule has 0 atom stereocenters. The fourth-order valence-electron chi connectivity index (χ4n) is 4.02. The zero-order chi connectivity index (χ0) is 24.8. The summed E-state index contributed by atoms with van der Waals surface area (Å²) in [6.45, 7) is 5.61. The van der Waals surface area contributed by atoms with Crippen LogP contribution in [0.25, 0.3) is 0 Å². The first-order chi connectivity index (χ1) is 16.8. The normalized spacial score (nSPS) is 16.6. The van der Waals surface area contributed by atoms with Crippen molar-refractivity contribution in [2.45, 2.75) is 11.3 Å². The summed E-state index contributed by atoms with van der Waals surface area (Å²) in [5, 5.41) is 2.82. The molecule has 0 spiro atoms. The molecular weight excluding hydrogens is 475 g/mol. The molecule has 2 aliphatic heterocycles. The molecule has 2 aromatic carbocycles. The Bertz CT molecular complexity index is 1120. The van der Waals surface area contributed by atoms with Gasteiger partial charge in [0.15, 0.2) is 11.5 Å². The number of anilines is 1. The Hall–Kier alpha value is -2.89. The molecule has 0 unspecified atom stereocenters. The lowest BCUT2D eigenvalue weighted by atomic mass is 10.3. The molecule has 1 fully saturated rings. The summed E-state index contributed by atoms with van der Waals surface area (Å²) < 4.78 is 52.6. The van der Waals surface area contributed by atoms with Gasteiger partial charge >= 0.3 is 0 Å². The highest BCUT2D eigenvalue weighted by Crippen LogP contribution is 2.34. The van der Waals surface area contributed by atoms with Crippen molar-refractivity contribution in [3.05, 3.63) is 48.3 Å². The van der Waals surface area contributed by atoms with Gasteiger partial charge in [0, 0.05) is 38.8 Å². The molecule has 1 saturated heterocycles. The molecule has 4 rings (SSSR count). The van der Waals surface area contributed by atoms with Crippen molar-refractivity contribution in [2.24, 2.45) is 0 Å². The van der Waals surface area contributed by atoms with Gasteiger partial charge < -0.3 is 24.6 Å². The average molecular weight is 507 g/mol. The molecule has 190 valence electrons. The fraction of sp³-hybridized carbons (Fsp3) is 0.458. The van der Waals surface area contributed by atoms with Gasteiger partial charge in [-0.05, 0) is 56.4 Å². The van der Waals surface area contributed by atoms with Crippen LogP contribution in [0.15, 0.2) is 47.4 Å². The number of ether oxygens (including phenoxy) is 2. The van der Waals surface area contributed by atoms with Gasteiger partial charge in [0.25, 0.3) is 10.0 Å². The zero-order valence-corrected chi connectivity index (χ0v) is 20.6. The fourth-order valence-corrected chi connectivity index (χ4v) is 5.46. The maximum Gasteiger partial charge on any atom is 0.264 e. The molecule has 11 heteroatoms. The van der Waals surface area contributed by atoms with Gasteiger partial charge in [-0.1, -0.05) is 0 Å². The average Bonchev–Trinajstić information content (AvgIpc) is 2.86. The number of carbonyl (C=O) groups is 1. The van der Waals surface area contributed by atoms with Crippen molar-refractivity contribution < 1.29 is 27.1 Å². The number of benzene rings is 2. The molecule has 9 nitrogen and oxygen atoms in total. The number of fused-ring (bicyclic) bond motifs is 1. The molecule has 35 heavy (non-hydrogen) atoms. The van der Waals surface area contributed by atoms with Crippen LogP contribution >= 0.6 is 0 Å². The molecule has 2 aromatic rings. The number of likely N-dealkylation sites (N-methyl/N-ethyl adjacent to an activating group) is 1. The summed E-state index contributed by atoms with van der Waals surface area (Å²) in [7, 11) is -2.05. The van der Waals surface area contributed by atoms with Crippen molar-refractivity contribution in [3.8, 4) is 11.5 Å². The number of piperazine rings is 1. The monoisotopic (exact) mass is 506 g/mol. The second-order valence-corrected chi connectivity index (χ2v) is 10.5.